The smallest absolute Gasteiger partial charge is 0.0991 e. The Hall–Kier alpha value is -2.61. The third kappa shape index (κ3) is 4.44. The van der Waals surface area contributed by atoms with Crippen LogP contribution in [-0.4, -0.2) is 17.1 Å². The quantitative estimate of drug-likeness (QED) is 0.622. The van der Waals surface area contributed by atoms with Crippen molar-refractivity contribution in [2.45, 2.75) is 44.3 Å². The molecule has 3 aromatic rings. The molecule has 0 saturated heterocycles. The maximum atomic E-state index is 8.88. The van der Waals surface area contributed by atoms with Gasteiger partial charge in [-0.2, -0.15) is 5.26 Å². The number of nitrogens with one attached hydrogen (secondary N) is 2. The standard InChI is InChI=1S/C23H23ClN4/c24-18-5-10-21-22(11-12-26-23(21)13-18)28-20-8-6-19(7-9-20)27-15-17-3-1-16(14-25)2-4-17/h1-5,10-13,19-20,27H,6-9,15H2,(H,26,28). The zero-order valence-electron chi connectivity index (χ0n) is 15.7. The Labute approximate surface area is 170 Å². The van der Waals surface area contributed by atoms with Gasteiger partial charge >= 0.3 is 0 Å². The van der Waals surface area contributed by atoms with Crippen LogP contribution in [0.25, 0.3) is 10.9 Å². The number of benzene rings is 2. The van der Waals surface area contributed by atoms with E-state index in [9.17, 15) is 0 Å². The largest absolute Gasteiger partial charge is 0.382 e. The number of nitriles is 1. The van der Waals surface area contributed by atoms with Crippen LogP contribution in [0.15, 0.2) is 54.7 Å². The molecule has 28 heavy (non-hydrogen) atoms. The van der Waals surface area contributed by atoms with E-state index in [-0.39, 0.29) is 0 Å². The third-order valence-electron chi connectivity index (χ3n) is 5.47. The number of aromatic nitrogens is 1. The van der Waals surface area contributed by atoms with Gasteiger partial charge in [0.2, 0.25) is 0 Å². The number of anilines is 1. The molecule has 1 aromatic heterocycles. The van der Waals surface area contributed by atoms with Gasteiger partial charge in [-0.25, -0.2) is 0 Å². The molecular formula is C23H23ClN4. The molecule has 4 nitrogen and oxygen atoms in total. The summed E-state index contributed by atoms with van der Waals surface area (Å²) in [6, 6.07) is 18.9. The molecule has 1 aliphatic rings. The third-order valence-corrected chi connectivity index (χ3v) is 5.70. The Morgan fingerprint density at radius 3 is 2.50 bits per heavy atom. The van der Waals surface area contributed by atoms with Gasteiger partial charge in [0.1, 0.15) is 0 Å². The van der Waals surface area contributed by atoms with Crippen molar-refractivity contribution in [1.29, 1.82) is 5.26 Å². The van der Waals surface area contributed by atoms with Gasteiger partial charge in [0.15, 0.2) is 0 Å². The number of rotatable bonds is 5. The van der Waals surface area contributed by atoms with E-state index in [1.54, 1.807) is 0 Å². The minimum absolute atomic E-state index is 0.481. The van der Waals surface area contributed by atoms with E-state index in [1.165, 1.54) is 5.56 Å². The minimum Gasteiger partial charge on any atom is -0.382 e. The van der Waals surface area contributed by atoms with Gasteiger partial charge in [-0.05, 0) is 67.6 Å². The molecule has 142 valence electrons. The second kappa shape index (κ2) is 8.60. The summed E-state index contributed by atoms with van der Waals surface area (Å²) < 4.78 is 0. The highest BCUT2D eigenvalue weighted by atomic mass is 35.5. The summed E-state index contributed by atoms with van der Waals surface area (Å²) in [5, 5.41) is 18.1. The highest BCUT2D eigenvalue weighted by Gasteiger charge is 2.21. The van der Waals surface area contributed by atoms with Crippen LogP contribution in [-0.2, 0) is 6.54 Å². The first-order valence-electron chi connectivity index (χ1n) is 9.74. The van der Waals surface area contributed by atoms with Crippen LogP contribution >= 0.6 is 11.6 Å². The van der Waals surface area contributed by atoms with E-state index in [0.717, 1.165) is 48.8 Å². The zero-order chi connectivity index (χ0) is 19.3. The summed E-state index contributed by atoms with van der Waals surface area (Å²) in [6.45, 7) is 0.851. The van der Waals surface area contributed by atoms with Crippen LogP contribution in [0.2, 0.25) is 5.02 Å². The van der Waals surface area contributed by atoms with Gasteiger partial charge in [-0.1, -0.05) is 23.7 Å². The van der Waals surface area contributed by atoms with Gasteiger partial charge in [0, 0.05) is 40.9 Å². The lowest BCUT2D eigenvalue weighted by molar-refractivity contribution is 0.353. The molecule has 1 aliphatic carbocycles. The predicted octanol–water partition coefficient (Wildman–Crippen LogP) is 5.27. The van der Waals surface area contributed by atoms with Gasteiger partial charge in [0.05, 0.1) is 17.1 Å². The summed E-state index contributed by atoms with van der Waals surface area (Å²) in [7, 11) is 0. The van der Waals surface area contributed by atoms with Gasteiger partial charge in [-0.3, -0.25) is 4.98 Å². The normalized spacial score (nSPS) is 19.3. The highest BCUT2D eigenvalue weighted by Crippen LogP contribution is 2.28. The summed E-state index contributed by atoms with van der Waals surface area (Å²) >= 11 is 6.09. The van der Waals surface area contributed by atoms with Crippen molar-refractivity contribution < 1.29 is 0 Å². The molecule has 0 bridgehead atoms. The summed E-state index contributed by atoms with van der Waals surface area (Å²) in [5.74, 6) is 0. The summed E-state index contributed by atoms with van der Waals surface area (Å²) in [4.78, 5) is 4.42. The van der Waals surface area contributed by atoms with Gasteiger partial charge in [-0.15, -0.1) is 0 Å². The van der Waals surface area contributed by atoms with E-state index >= 15 is 0 Å². The van der Waals surface area contributed by atoms with Crippen molar-refractivity contribution in [3.8, 4) is 6.07 Å². The first kappa shape index (κ1) is 18.7. The minimum atomic E-state index is 0.481. The van der Waals surface area contributed by atoms with Crippen LogP contribution in [0.5, 0.6) is 0 Å². The lowest BCUT2D eigenvalue weighted by atomic mass is 9.90. The van der Waals surface area contributed by atoms with Crippen LogP contribution in [0, 0.1) is 11.3 Å². The van der Waals surface area contributed by atoms with Crippen molar-refractivity contribution in [2.24, 2.45) is 0 Å². The molecule has 0 amide bonds. The fraction of sp³-hybridized carbons (Fsp3) is 0.304. The Morgan fingerprint density at radius 2 is 1.75 bits per heavy atom. The number of fused-ring (bicyclic) bond motifs is 1. The number of halogens is 1. The fourth-order valence-electron chi connectivity index (χ4n) is 3.87. The van der Waals surface area contributed by atoms with Crippen molar-refractivity contribution in [3.05, 3.63) is 70.9 Å². The van der Waals surface area contributed by atoms with Crippen molar-refractivity contribution in [1.82, 2.24) is 10.3 Å². The molecule has 1 heterocycles. The molecule has 0 unspecified atom stereocenters. The first-order valence-corrected chi connectivity index (χ1v) is 10.1. The number of pyridine rings is 1. The maximum absolute atomic E-state index is 8.88. The molecule has 2 N–H and O–H groups in total. The van der Waals surface area contributed by atoms with Gasteiger partial charge < -0.3 is 10.6 Å². The van der Waals surface area contributed by atoms with E-state index in [0.29, 0.717) is 22.7 Å². The van der Waals surface area contributed by atoms with E-state index in [1.807, 2.05) is 54.7 Å². The summed E-state index contributed by atoms with van der Waals surface area (Å²) in [5.41, 5.74) is 3.99. The number of nitrogens with zero attached hydrogens (tertiary/aromatic N) is 2. The molecular weight excluding hydrogens is 368 g/mol. The second-order valence-corrected chi connectivity index (χ2v) is 7.84. The van der Waals surface area contributed by atoms with E-state index in [2.05, 4.69) is 21.7 Å². The molecule has 5 heteroatoms. The Balaban J connectivity index is 1.30. The molecule has 0 spiro atoms. The topological polar surface area (TPSA) is 60.7 Å². The molecule has 0 radical (unpaired) electrons. The zero-order valence-corrected chi connectivity index (χ0v) is 16.4. The van der Waals surface area contributed by atoms with Crippen LogP contribution in [0.1, 0.15) is 36.8 Å². The van der Waals surface area contributed by atoms with Crippen molar-refractivity contribution in [3.63, 3.8) is 0 Å². The average molecular weight is 391 g/mol. The van der Waals surface area contributed by atoms with Crippen molar-refractivity contribution >= 4 is 28.2 Å². The molecule has 4 rings (SSSR count). The molecule has 1 fully saturated rings. The van der Waals surface area contributed by atoms with Crippen LogP contribution in [0.3, 0.4) is 0 Å². The summed E-state index contributed by atoms with van der Waals surface area (Å²) in [6.07, 6.45) is 6.43. The lowest BCUT2D eigenvalue weighted by Gasteiger charge is -2.30. The predicted molar refractivity (Wildman–Crippen MR) is 114 cm³/mol. The Morgan fingerprint density at radius 1 is 1.00 bits per heavy atom. The molecule has 1 saturated carbocycles. The van der Waals surface area contributed by atoms with E-state index < -0.39 is 0 Å². The maximum Gasteiger partial charge on any atom is 0.0991 e. The number of hydrogen-bond donors (Lipinski definition) is 2. The monoisotopic (exact) mass is 390 g/mol. The fourth-order valence-corrected chi connectivity index (χ4v) is 4.03. The van der Waals surface area contributed by atoms with E-state index in [4.69, 9.17) is 16.9 Å². The van der Waals surface area contributed by atoms with Crippen LogP contribution in [0.4, 0.5) is 5.69 Å². The highest BCUT2D eigenvalue weighted by molar-refractivity contribution is 6.31. The Bertz CT molecular complexity index is 986. The SMILES string of the molecule is N#Cc1ccc(CNC2CCC(Nc3ccnc4cc(Cl)ccc34)CC2)cc1. The lowest BCUT2D eigenvalue weighted by Crippen LogP contribution is -2.36. The average Bonchev–Trinajstić information content (AvgIpc) is 2.73. The van der Waals surface area contributed by atoms with Crippen LogP contribution < -0.4 is 10.6 Å². The number of hydrogen-bond acceptors (Lipinski definition) is 4. The van der Waals surface area contributed by atoms with Crippen molar-refractivity contribution in [2.75, 3.05) is 5.32 Å². The molecule has 0 aliphatic heterocycles. The Kier molecular flexibility index (Phi) is 5.76. The van der Waals surface area contributed by atoms with Gasteiger partial charge in [0.25, 0.3) is 0 Å². The molecule has 0 atom stereocenters. The molecule has 2 aromatic carbocycles. The first-order chi connectivity index (χ1) is 13.7. The second-order valence-electron chi connectivity index (χ2n) is 7.40.